The summed E-state index contributed by atoms with van der Waals surface area (Å²) in [7, 11) is 0. The zero-order chi connectivity index (χ0) is 8.36. The monoisotopic (exact) mass is 145 g/mol. The molecule has 2 N–H and O–H groups in total. The van der Waals surface area contributed by atoms with Gasteiger partial charge in [-0.15, -0.1) is 0 Å². The smallest absolute Gasteiger partial charge is 0.0662 e. The molecule has 2 nitrogen and oxygen atoms in total. The Bertz CT molecular complexity index is 93.9. The zero-order valence-corrected chi connectivity index (χ0v) is 7.60. The molecule has 0 radical (unpaired) electrons. The van der Waals surface area contributed by atoms with E-state index in [4.69, 9.17) is 5.11 Å². The summed E-state index contributed by atoms with van der Waals surface area (Å²) in [5, 5.41) is 12.4. The molecule has 0 aliphatic heterocycles. The zero-order valence-electron chi connectivity index (χ0n) is 7.60. The Hall–Kier alpha value is -0.0800. The third-order valence-corrected chi connectivity index (χ3v) is 1.38. The highest BCUT2D eigenvalue weighted by molar-refractivity contribution is 4.77. The summed E-state index contributed by atoms with van der Waals surface area (Å²) >= 11 is 0. The first-order valence-corrected chi connectivity index (χ1v) is 3.78. The molecular formula is C8H19NO. The molecule has 0 amide bonds. The lowest BCUT2D eigenvalue weighted by Crippen LogP contribution is -2.46. The number of aliphatic hydroxyl groups is 1. The SMILES string of the molecule is CC(O)C(C)NC(C)(C)C. The molecule has 0 aliphatic carbocycles. The molecule has 0 rings (SSSR count). The number of hydrogen-bond donors (Lipinski definition) is 2. The maximum Gasteiger partial charge on any atom is 0.0662 e. The minimum absolute atomic E-state index is 0.0937. The van der Waals surface area contributed by atoms with Crippen molar-refractivity contribution in [1.29, 1.82) is 0 Å². The Morgan fingerprint density at radius 2 is 1.60 bits per heavy atom. The normalized spacial score (nSPS) is 18.6. The fourth-order valence-electron chi connectivity index (χ4n) is 0.804. The fourth-order valence-corrected chi connectivity index (χ4v) is 0.804. The standard InChI is InChI=1S/C8H19NO/c1-6(7(2)10)9-8(3,4)5/h6-7,9-10H,1-5H3. The van der Waals surface area contributed by atoms with Crippen LogP contribution in [0.4, 0.5) is 0 Å². The van der Waals surface area contributed by atoms with Crippen LogP contribution in [0.5, 0.6) is 0 Å². The summed E-state index contributed by atoms with van der Waals surface area (Å²) in [5.74, 6) is 0. The van der Waals surface area contributed by atoms with Crippen molar-refractivity contribution in [2.24, 2.45) is 0 Å². The molecule has 10 heavy (non-hydrogen) atoms. The van der Waals surface area contributed by atoms with Crippen molar-refractivity contribution >= 4 is 0 Å². The first-order valence-electron chi connectivity index (χ1n) is 3.78. The Morgan fingerprint density at radius 1 is 1.20 bits per heavy atom. The highest BCUT2D eigenvalue weighted by atomic mass is 16.3. The third kappa shape index (κ3) is 4.77. The molecule has 0 aromatic heterocycles. The Kier molecular flexibility index (Phi) is 3.33. The minimum atomic E-state index is -0.278. The highest BCUT2D eigenvalue weighted by Crippen LogP contribution is 2.02. The van der Waals surface area contributed by atoms with E-state index < -0.39 is 0 Å². The highest BCUT2D eigenvalue weighted by Gasteiger charge is 2.16. The van der Waals surface area contributed by atoms with Crippen LogP contribution in [0.15, 0.2) is 0 Å². The molecule has 0 bridgehead atoms. The number of hydrogen-bond acceptors (Lipinski definition) is 2. The third-order valence-electron chi connectivity index (χ3n) is 1.38. The van der Waals surface area contributed by atoms with Crippen LogP contribution in [-0.4, -0.2) is 22.8 Å². The van der Waals surface area contributed by atoms with Crippen LogP contribution in [-0.2, 0) is 0 Å². The summed E-state index contributed by atoms with van der Waals surface area (Å²) in [6, 6.07) is 0.167. The van der Waals surface area contributed by atoms with Crippen LogP contribution in [0.1, 0.15) is 34.6 Å². The molecule has 2 unspecified atom stereocenters. The molecule has 0 saturated heterocycles. The lowest BCUT2D eigenvalue weighted by atomic mass is 10.1. The van der Waals surface area contributed by atoms with Crippen LogP contribution < -0.4 is 5.32 Å². The molecule has 62 valence electrons. The lowest BCUT2D eigenvalue weighted by Gasteiger charge is -2.27. The summed E-state index contributed by atoms with van der Waals surface area (Å²) in [6.45, 7) is 10.0. The van der Waals surface area contributed by atoms with E-state index in [1.54, 1.807) is 6.92 Å². The van der Waals surface area contributed by atoms with Gasteiger partial charge in [0.15, 0.2) is 0 Å². The molecule has 0 saturated carbocycles. The molecule has 2 atom stereocenters. The molecule has 0 heterocycles. The van der Waals surface area contributed by atoms with Crippen molar-refractivity contribution in [1.82, 2.24) is 5.32 Å². The largest absolute Gasteiger partial charge is 0.392 e. The van der Waals surface area contributed by atoms with E-state index in [1.807, 2.05) is 6.92 Å². The molecule has 0 aromatic rings. The van der Waals surface area contributed by atoms with Gasteiger partial charge >= 0.3 is 0 Å². The van der Waals surface area contributed by atoms with E-state index in [-0.39, 0.29) is 17.7 Å². The first-order chi connectivity index (χ1) is 4.33. The molecule has 0 aliphatic rings. The van der Waals surface area contributed by atoms with Crippen molar-refractivity contribution < 1.29 is 5.11 Å². The van der Waals surface area contributed by atoms with E-state index in [0.717, 1.165) is 0 Å². The summed E-state index contributed by atoms with van der Waals surface area (Å²) < 4.78 is 0. The van der Waals surface area contributed by atoms with Crippen molar-refractivity contribution in [3.63, 3.8) is 0 Å². The fraction of sp³-hybridized carbons (Fsp3) is 1.00. The van der Waals surface area contributed by atoms with E-state index in [2.05, 4.69) is 26.1 Å². The van der Waals surface area contributed by atoms with Crippen LogP contribution >= 0.6 is 0 Å². The topological polar surface area (TPSA) is 32.3 Å². The van der Waals surface area contributed by atoms with Gasteiger partial charge < -0.3 is 10.4 Å². The summed E-state index contributed by atoms with van der Waals surface area (Å²) in [4.78, 5) is 0. The van der Waals surface area contributed by atoms with Gasteiger partial charge in [-0.25, -0.2) is 0 Å². The Balaban J connectivity index is 3.68. The molecule has 2 heteroatoms. The van der Waals surface area contributed by atoms with Gasteiger partial charge in [-0.3, -0.25) is 0 Å². The predicted molar refractivity (Wildman–Crippen MR) is 44.0 cm³/mol. The van der Waals surface area contributed by atoms with E-state index in [9.17, 15) is 0 Å². The minimum Gasteiger partial charge on any atom is -0.392 e. The van der Waals surface area contributed by atoms with Gasteiger partial charge in [-0.05, 0) is 34.6 Å². The Morgan fingerprint density at radius 3 is 1.70 bits per heavy atom. The van der Waals surface area contributed by atoms with Gasteiger partial charge in [0, 0.05) is 11.6 Å². The van der Waals surface area contributed by atoms with Gasteiger partial charge in [0.1, 0.15) is 0 Å². The molecule has 0 spiro atoms. The number of nitrogens with one attached hydrogen (secondary N) is 1. The van der Waals surface area contributed by atoms with Crippen LogP contribution in [0.25, 0.3) is 0 Å². The number of aliphatic hydroxyl groups excluding tert-OH is 1. The van der Waals surface area contributed by atoms with Gasteiger partial charge in [0.05, 0.1) is 6.10 Å². The second-order valence-corrected chi connectivity index (χ2v) is 3.92. The molecular weight excluding hydrogens is 126 g/mol. The maximum absolute atomic E-state index is 9.12. The van der Waals surface area contributed by atoms with Crippen molar-refractivity contribution in [2.75, 3.05) is 0 Å². The van der Waals surface area contributed by atoms with Crippen molar-refractivity contribution in [2.45, 2.75) is 52.3 Å². The quantitative estimate of drug-likeness (QED) is 0.611. The summed E-state index contributed by atoms with van der Waals surface area (Å²) in [5.41, 5.74) is 0.0937. The predicted octanol–water partition coefficient (Wildman–Crippen LogP) is 1.14. The van der Waals surface area contributed by atoms with Gasteiger partial charge in [-0.2, -0.15) is 0 Å². The molecule has 0 aromatic carbocycles. The second-order valence-electron chi connectivity index (χ2n) is 3.92. The van der Waals surface area contributed by atoms with Gasteiger partial charge in [0.2, 0.25) is 0 Å². The average molecular weight is 145 g/mol. The summed E-state index contributed by atoms with van der Waals surface area (Å²) in [6.07, 6.45) is -0.278. The van der Waals surface area contributed by atoms with E-state index >= 15 is 0 Å². The maximum atomic E-state index is 9.12. The Labute approximate surface area is 63.6 Å². The van der Waals surface area contributed by atoms with Crippen LogP contribution in [0.2, 0.25) is 0 Å². The van der Waals surface area contributed by atoms with Crippen molar-refractivity contribution in [3.05, 3.63) is 0 Å². The first kappa shape index (κ1) is 9.92. The van der Waals surface area contributed by atoms with E-state index in [0.29, 0.717) is 0 Å². The van der Waals surface area contributed by atoms with Crippen LogP contribution in [0.3, 0.4) is 0 Å². The number of rotatable bonds is 2. The second kappa shape index (κ2) is 3.35. The lowest BCUT2D eigenvalue weighted by molar-refractivity contribution is 0.137. The molecule has 0 fully saturated rings. The van der Waals surface area contributed by atoms with Crippen molar-refractivity contribution in [3.8, 4) is 0 Å². The van der Waals surface area contributed by atoms with Gasteiger partial charge in [-0.1, -0.05) is 0 Å². The average Bonchev–Trinajstić information content (AvgIpc) is 1.60. The van der Waals surface area contributed by atoms with E-state index in [1.165, 1.54) is 0 Å². The van der Waals surface area contributed by atoms with Gasteiger partial charge in [0.25, 0.3) is 0 Å². The van der Waals surface area contributed by atoms with Crippen LogP contribution in [0, 0.1) is 0 Å².